The average Bonchev–Trinajstić information content (AvgIpc) is 3.22. The molecule has 1 aliphatic rings. The largest absolute Gasteiger partial charge is 0.398 e. The van der Waals surface area contributed by atoms with Gasteiger partial charge in [-0.25, -0.2) is 0 Å². The van der Waals surface area contributed by atoms with Crippen molar-refractivity contribution < 1.29 is 9.59 Å². The van der Waals surface area contributed by atoms with Crippen molar-refractivity contribution in [3.8, 4) is 0 Å². The highest BCUT2D eigenvalue weighted by Gasteiger charge is 2.35. The molecule has 0 aromatic heterocycles. The predicted octanol–water partition coefficient (Wildman–Crippen LogP) is 1.13. The Bertz CT molecular complexity index is 512. The summed E-state index contributed by atoms with van der Waals surface area (Å²) in [5.41, 5.74) is 12.6. The first-order chi connectivity index (χ1) is 9.49. The molecule has 108 valence electrons. The van der Waals surface area contributed by atoms with E-state index in [2.05, 4.69) is 0 Å². The summed E-state index contributed by atoms with van der Waals surface area (Å²) in [6, 6.07) is 7.35. The predicted molar refractivity (Wildman–Crippen MR) is 77.4 cm³/mol. The SMILES string of the molecule is CC(C(=O)N(CC(N)=O)Cc1ccccc1N)C1CC1. The van der Waals surface area contributed by atoms with Crippen molar-refractivity contribution in [2.75, 3.05) is 12.3 Å². The van der Waals surface area contributed by atoms with Gasteiger partial charge in [-0.05, 0) is 30.4 Å². The summed E-state index contributed by atoms with van der Waals surface area (Å²) in [6.45, 7) is 2.18. The molecule has 20 heavy (non-hydrogen) atoms. The third kappa shape index (κ3) is 3.50. The summed E-state index contributed by atoms with van der Waals surface area (Å²) in [5, 5.41) is 0. The van der Waals surface area contributed by atoms with Crippen LogP contribution in [0.25, 0.3) is 0 Å². The van der Waals surface area contributed by atoms with Crippen LogP contribution in [0.3, 0.4) is 0 Å². The second-order valence-electron chi connectivity index (χ2n) is 5.49. The van der Waals surface area contributed by atoms with Crippen molar-refractivity contribution in [1.29, 1.82) is 0 Å². The fourth-order valence-corrected chi connectivity index (χ4v) is 2.37. The molecule has 2 amide bonds. The van der Waals surface area contributed by atoms with Gasteiger partial charge in [-0.3, -0.25) is 9.59 Å². The maximum atomic E-state index is 12.5. The molecule has 5 nitrogen and oxygen atoms in total. The summed E-state index contributed by atoms with van der Waals surface area (Å²) < 4.78 is 0. The summed E-state index contributed by atoms with van der Waals surface area (Å²) in [7, 11) is 0. The monoisotopic (exact) mass is 275 g/mol. The van der Waals surface area contributed by atoms with Gasteiger partial charge in [0.25, 0.3) is 0 Å². The zero-order valence-corrected chi connectivity index (χ0v) is 11.7. The number of amides is 2. The molecule has 5 heteroatoms. The number of hydrogen-bond donors (Lipinski definition) is 2. The number of para-hydroxylation sites is 1. The number of benzene rings is 1. The van der Waals surface area contributed by atoms with E-state index >= 15 is 0 Å². The molecule has 0 heterocycles. The van der Waals surface area contributed by atoms with E-state index in [-0.39, 0.29) is 18.4 Å². The lowest BCUT2D eigenvalue weighted by Crippen LogP contribution is -2.41. The molecule has 1 atom stereocenters. The Balaban J connectivity index is 2.12. The fourth-order valence-electron chi connectivity index (χ4n) is 2.37. The van der Waals surface area contributed by atoms with Gasteiger partial charge in [0.05, 0.1) is 6.54 Å². The molecule has 1 aromatic carbocycles. The van der Waals surface area contributed by atoms with Crippen molar-refractivity contribution in [3.05, 3.63) is 29.8 Å². The molecule has 4 N–H and O–H groups in total. The van der Waals surface area contributed by atoms with Crippen molar-refractivity contribution >= 4 is 17.5 Å². The Kier molecular flexibility index (Phi) is 4.27. The molecule has 2 rings (SSSR count). The molecule has 1 fully saturated rings. The summed E-state index contributed by atoms with van der Waals surface area (Å²) >= 11 is 0. The van der Waals surface area contributed by atoms with Crippen LogP contribution in [0.2, 0.25) is 0 Å². The van der Waals surface area contributed by atoms with E-state index in [1.165, 1.54) is 4.90 Å². The lowest BCUT2D eigenvalue weighted by molar-refractivity contribution is -0.139. The van der Waals surface area contributed by atoms with E-state index in [0.717, 1.165) is 18.4 Å². The third-order valence-corrected chi connectivity index (χ3v) is 3.79. The number of primary amides is 1. The molecular weight excluding hydrogens is 254 g/mol. The Morgan fingerprint density at radius 3 is 2.55 bits per heavy atom. The van der Waals surface area contributed by atoms with E-state index < -0.39 is 5.91 Å². The van der Waals surface area contributed by atoms with Crippen molar-refractivity contribution in [3.63, 3.8) is 0 Å². The molecule has 0 radical (unpaired) electrons. The van der Waals surface area contributed by atoms with Crippen molar-refractivity contribution in [1.82, 2.24) is 4.90 Å². The highest BCUT2D eigenvalue weighted by atomic mass is 16.2. The van der Waals surface area contributed by atoms with Gasteiger partial charge in [0.2, 0.25) is 11.8 Å². The highest BCUT2D eigenvalue weighted by molar-refractivity contribution is 5.85. The summed E-state index contributed by atoms with van der Waals surface area (Å²) in [4.78, 5) is 25.2. The number of carbonyl (C=O) groups excluding carboxylic acids is 2. The Hall–Kier alpha value is -2.04. The molecular formula is C15H21N3O2. The van der Waals surface area contributed by atoms with Gasteiger partial charge in [-0.2, -0.15) is 0 Å². The Labute approximate surface area is 118 Å². The maximum absolute atomic E-state index is 12.5. The zero-order chi connectivity index (χ0) is 14.7. The van der Waals surface area contributed by atoms with Crippen LogP contribution < -0.4 is 11.5 Å². The van der Waals surface area contributed by atoms with Gasteiger partial charge in [0.1, 0.15) is 0 Å². The van der Waals surface area contributed by atoms with Gasteiger partial charge in [-0.1, -0.05) is 25.1 Å². The third-order valence-electron chi connectivity index (χ3n) is 3.79. The van der Waals surface area contributed by atoms with Crippen LogP contribution in [0.5, 0.6) is 0 Å². The normalized spacial score (nSPS) is 15.7. The zero-order valence-electron chi connectivity index (χ0n) is 11.7. The number of rotatable bonds is 6. The molecule has 1 aromatic rings. The number of carbonyl (C=O) groups is 2. The van der Waals surface area contributed by atoms with Gasteiger partial charge >= 0.3 is 0 Å². The van der Waals surface area contributed by atoms with Gasteiger partial charge < -0.3 is 16.4 Å². The number of nitrogens with zero attached hydrogens (tertiary/aromatic N) is 1. The van der Waals surface area contributed by atoms with E-state index in [9.17, 15) is 9.59 Å². The molecule has 1 aliphatic carbocycles. The highest BCUT2D eigenvalue weighted by Crippen LogP contribution is 2.37. The number of hydrogen-bond acceptors (Lipinski definition) is 3. The number of nitrogen functional groups attached to an aromatic ring is 1. The average molecular weight is 275 g/mol. The van der Waals surface area contributed by atoms with Crippen molar-refractivity contribution in [2.45, 2.75) is 26.3 Å². The second kappa shape index (κ2) is 5.94. The first-order valence-electron chi connectivity index (χ1n) is 6.89. The van der Waals surface area contributed by atoms with Gasteiger partial charge in [0, 0.05) is 18.2 Å². The van der Waals surface area contributed by atoms with Crippen LogP contribution in [0, 0.1) is 11.8 Å². The number of anilines is 1. The van der Waals surface area contributed by atoms with E-state index in [1.807, 2.05) is 25.1 Å². The second-order valence-corrected chi connectivity index (χ2v) is 5.49. The number of nitrogens with two attached hydrogens (primary N) is 2. The molecule has 1 saturated carbocycles. The van der Waals surface area contributed by atoms with Crippen molar-refractivity contribution in [2.24, 2.45) is 17.6 Å². The van der Waals surface area contributed by atoms with Gasteiger partial charge in [0.15, 0.2) is 0 Å². The first-order valence-corrected chi connectivity index (χ1v) is 6.89. The molecule has 0 saturated heterocycles. The lowest BCUT2D eigenvalue weighted by Gasteiger charge is -2.25. The standard InChI is InChI=1S/C15H21N3O2/c1-10(11-6-7-11)15(20)18(9-14(17)19)8-12-4-2-3-5-13(12)16/h2-5,10-11H,6-9,16H2,1H3,(H2,17,19). The van der Waals surface area contributed by atoms with E-state index in [1.54, 1.807) is 6.07 Å². The maximum Gasteiger partial charge on any atom is 0.237 e. The molecule has 0 bridgehead atoms. The molecule has 0 aliphatic heterocycles. The first kappa shape index (κ1) is 14.4. The quantitative estimate of drug-likeness (QED) is 0.763. The fraction of sp³-hybridized carbons (Fsp3) is 0.467. The van der Waals surface area contributed by atoms with Gasteiger partial charge in [-0.15, -0.1) is 0 Å². The minimum Gasteiger partial charge on any atom is -0.398 e. The van der Waals surface area contributed by atoms with Crippen LogP contribution in [-0.4, -0.2) is 23.3 Å². The minimum atomic E-state index is -0.504. The smallest absolute Gasteiger partial charge is 0.237 e. The van der Waals surface area contributed by atoms with Crippen LogP contribution in [-0.2, 0) is 16.1 Å². The van der Waals surface area contributed by atoms with Crippen LogP contribution in [0.1, 0.15) is 25.3 Å². The van der Waals surface area contributed by atoms with E-state index in [0.29, 0.717) is 18.2 Å². The Morgan fingerprint density at radius 2 is 2.00 bits per heavy atom. The minimum absolute atomic E-state index is 0.0189. The summed E-state index contributed by atoms with van der Waals surface area (Å²) in [6.07, 6.45) is 2.18. The molecule has 1 unspecified atom stereocenters. The summed E-state index contributed by atoms with van der Waals surface area (Å²) in [5.74, 6) is -0.129. The lowest BCUT2D eigenvalue weighted by atomic mass is 10.0. The van der Waals surface area contributed by atoms with Crippen LogP contribution in [0.4, 0.5) is 5.69 Å². The molecule has 0 spiro atoms. The van der Waals surface area contributed by atoms with E-state index in [4.69, 9.17) is 11.5 Å². The topological polar surface area (TPSA) is 89.4 Å². The Morgan fingerprint density at radius 1 is 1.35 bits per heavy atom. The van der Waals surface area contributed by atoms with Crippen LogP contribution in [0.15, 0.2) is 24.3 Å². The van der Waals surface area contributed by atoms with Crippen LogP contribution >= 0.6 is 0 Å².